The van der Waals surface area contributed by atoms with Crippen LogP contribution in [0.1, 0.15) is 26.3 Å². The SMILES string of the molecule is CC(C)(C)C(=O)Nc1cncc(-c2cc(F)c3[nH]nc(-c4nc5c(-c6cc(F)cc(CNS(C)(=O)=O)c6)ccnc5[nH]4)c3c2)c1. The van der Waals surface area contributed by atoms with E-state index in [1.54, 1.807) is 51.2 Å². The summed E-state index contributed by atoms with van der Waals surface area (Å²) in [6, 6.07) is 10.7. The first kappa shape index (κ1) is 30.0. The number of amides is 1. The molecule has 11 nitrogen and oxygen atoms in total. The quantitative estimate of drug-likeness (QED) is 0.180. The van der Waals surface area contributed by atoms with E-state index >= 15 is 4.39 Å². The second-order valence-corrected chi connectivity index (χ2v) is 13.5. The van der Waals surface area contributed by atoms with Gasteiger partial charge in [-0.05, 0) is 59.2 Å². The highest BCUT2D eigenvalue weighted by atomic mass is 32.2. The minimum atomic E-state index is -3.48. The lowest BCUT2D eigenvalue weighted by Crippen LogP contribution is -2.27. The van der Waals surface area contributed by atoms with E-state index in [0.29, 0.717) is 61.6 Å². The number of rotatable bonds is 7. The molecule has 0 spiro atoms. The standard InChI is InChI=1S/C31H28F2N8O3S/c1-31(2,3)30(42)37-21-10-19(14-34-15-21)17-11-23-25(24(33)12-17)40-41-27(23)29-38-26-22(5-6-35-28(26)39-29)18-7-16(8-20(32)9-18)13-36-45(4,43)44/h5-12,14-15,36H,13H2,1-4H3,(H,37,42)(H,40,41)(H,35,38,39). The van der Waals surface area contributed by atoms with Gasteiger partial charge in [0.15, 0.2) is 11.5 Å². The van der Waals surface area contributed by atoms with Gasteiger partial charge < -0.3 is 10.3 Å². The predicted octanol–water partition coefficient (Wildman–Crippen LogP) is 5.54. The number of anilines is 1. The molecule has 2 aromatic carbocycles. The number of fused-ring (bicyclic) bond motifs is 2. The van der Waals surface area contributed by atoms with E-state index in [1.165, 1.54) is 30.6 Å². The van der Waals surface area contributed by atoms with E-state index in [9.17, 15) is 17.6 Å². The lowest BCUT2D eigenvalue weighted by Gasteiger charge is -2.17. The van der Waals surface area contributed by atoms with Gasteiger partial charge in [-0.2, -0.15) is 5.10 Å². The monoisotopic (exact) mass is 630 g/mol. The fourth-order valence-corrected chi connectivity index (χ4v) is 5.22. The molecule has 0 atom stereocenters. The van der Waals surface area contributed by atoms with Crippen molar-refractivity contribution in [2.45, 2.75) is 27.3 Å². The first-order valence-electron chi connectivity index (χ1n) is 13.8. The van der Waals surface area contributed by atoms with E-state index in [-0.39, 0.29) is 18.0 Å². The van der Waals surface area contributed by atoms with Gasteiger partial charge in [0.05, 0.1) is 18.1 Å². The van der Waals surface area contributed by atoms with E-state index in [1.807, 2.05) is 0 Å². The molecule has 6 rings (SSSR count). The number of aromatic nitrogens is 6. The zero-order chi connectivity index (χ0) is 32.1. The number of carbonyl (C=O) groups is 1. The van der Waals surface area contributed by atoms with Crippen LogP contribution in [-0.4, -0.2) is 50.7 Å². The van der Waals surface area contributed by atoms with Crippen LogP contribution >= 0.6 is 0 Å². The number of nitrogens with one attached hydrogen (secondary N) is 4. The van der Waals surface area contributed by atoms with Crippen molar-refractivity contribution in [2.24, 2.45) is 5.41 Å². The third-order valence-electron chi connectivity index (χ3n) is 7.05. The highest BCUT2D eigenvalue weighted by Crippen LogP contribution is 2.34. The normalized spacial score (nSPS) is 12.2. The van der Waals surface area contributed by atoms with E-state index in [0.717, 1.165) is 6.26 Å². The van der Waals surface area contributed by atoms with Crippen molar-refractivity contribution < 1.29 is 22.0 Å². The number of imidazole rings is 1. The van der Waals surface area contributed by atoms with Crippen LogP contribution in [0.5, 0.6) is 0 Å². The zero-order valence-corrected chi connectivity index (χ0v) is 25.5. The minimum Gasteiger partial charge on any atom is -0.324 e. The van der Waals surface area contributed by atoms with Gasteiger partial charge in [0.25, 0.3) is 0 Å². The maximum Gasteiger partial charge on any atom is 0.229 e. The van der Waals surface area contributed by atoms with Crippen LogP contribution in [0.15, 0.2) is 61.1 Å². The fraction of sp³-hybridized carbons (Fsp3) is 0.194. The maximum atomic E-state index is 15.3. The summed E-state index contributed by atoms with van der Waals surface area (Å²) in [5, 5.41) is 10.4. The van der Waals surface area contributed by atoms with Crippen LogP contribution in [0.4, 0.5) is 14.5 Å². The average Bonchev–Trinajstić information content (AvgIpc) is 3.59. The summed E-state index contributed by atoms with van der Waals surface area (Å²) in [5.74, 6) is -0.975. The van der Waals surface area contributed by atoms with Crippen LogP contribution in [0.25, 0.3) is 55.8 Å². The van der Waals surface area contributed by atoms with Crippen LogP contribution < -0.4 is 10.0 Å². The molecule has 14 heteroatoms. The number of H-pyrrole nitrogens is 2. The molecule has 0 bridgehead atoms. The number of hydrogen-bond donors (Lipinski definition) is 4. The van der Waals surface area contributed by atoms with Crippen molar-refractivity contribution in [3.63, 3.8) is 0 Å². The molecule has 0 saturated carbocycles. The van der Waals surface area contributed by atoms with Crippen molar-refractivity contribution in [3.8, 4) is 33.8 Å². The van der Waals surface area contributed by atoms with Gasteiger partial charge in [0.1, 0.15) is 28.4 Å². The fourth-order valence-electron chi connectivity index (χ4n) is 4.79. The first-order chi connectivity index (χ1) is 21.2. The number of halogens is 2. The average molecular weight is 631 g/mol. The maximum absolute atomic E-state index is 15.3. The Morgan fingerprint density at radius 2 is 1.80 bits per heavy atom. The van der Waals surface area contributed by atoms with E-state index < -0.39 is 27.1 Å². The molecule has 1 amide bonds. The van der Waals surface area contributed by atoms with Crippen LogP contribution in [0.2, 0.25) is 0 Å². The molecular formula is C31H28F2N8O3S. The van der Waals surface area contributed by atoms with Crippen LogP contribution in [0.3, 0.4) is 0 Å². The van der Waals surface area contributed by atoms with Crippen molar-refractivity contribution in [3.05, 3.63) is 78.3 Å². The molecule has 4 aromatic heterocycles. The minimum absolute atomic E-state index is 0.0851. The van der Waals surface area contributed by atoms with Crippen molar-refractivity contribution >= 4 is 43.7 Å². The van der Waals surface area contributed by atoms with E-state index in [4.69, 9.17) is 4.98 Å². The van der Waals surface area contributed by atoms with Crippen molar-refractivity contribution in [1.82, 2.24) is 34.9 Å². The molecule has 4 N–H and O–H groups in total. The van der Waals surface area contributed by atoms with Gasteiger partial charge in [-0.3, -0.25) is 14.9 Å². The Hall–Kier alpha value is -5.08. The van der Waals surface area contributed by atoms with Gasteiger partial charge >= 0.3 is 0 Å². The number of benzene rings is 2. The number of hydrogen-bond acceptors (Lipinski definition) is 7. The topological polar surface area (TPSA) is 158 Å². The summed E-state index contributed by atoms with van der Waals surface area (Å²) in [5.41, 5.74) is 3.70. The molecule has 0 aliphatic carbocycles. The Morgan fingerprint density at radius 3 is 2.56 bits per heavy atom. The summed E-state index contributed by atoms with van der Waals surface area (Å²) < 4.78 is 55.4. The molecule has 45 heavy (non-hydrogen) atoms. The number of aromatic amines is 2. The van der Waals surface area contributed by atoms with E-state index in [2.05, 4.69) is 35.2 Å². The number of sulfonamides is 1. The second kappa shape index (κ2) is 11.1. The third-order valence-corrected chi connectivity index (χ3v) is 7.72. The van der Waals surface area contributed by atoms with Gasteiger partial charge in [0.2, 0.25) is 15.9 Å². The Bertz CT molecular complexity index is 2220. The highest BCUT2D eigenvalue weighted by Gasteiger charge is 2.22. The number of carbonyl (C=O) groups excluding carboxylic acids is 1. The summed E-state index contributed by atoms with van der Waals surface area (Å²) in [6.45, 7) is 5.32. The molecular weight excluding hydrogens is 602 g/mol. The largest absolute Gasteiger partial charge is 0.324 e. The van der Waals surface area contributed by atoms with Crippen molar-refractivity contribution in [1.29, 1.82) is 0 Å². The second-order valence-electron chi connectivity index (χ2n) is 11.7. The Balaban J connectivity index is 1.40. The highest BCUT2D eigenvalue weighted by molar-refractivity contribution is 7.88. The molecule has 0 aliphatic heterocycles. The summed E-state index contributed by atoms with van der Waals surface area (Å²) in [4.78, 5) is 28.9. The van der Waals surface area contributed by atoms with Crippen molar-refractivity contribution in [2.75, 3.05) is 11.6 Å². The summed E-state index contributed by atoms with van der Waals surface area (Å²) in [6.07, 6.45) is 5.66. The molecule has 6 aromatic rings. The molecule has 0 fully saturated rings. The van der Waals surface area contributed by atoms with Gasteiger partial charge in [0, 0.05) is 40.9 Å². The smallest absolute Gasteiger partial charge is 0.229 e. The zero-order valence-electron chi connectivity index (χ0n) is 24.7. The summed E-state index contributed by atoms with van der Waals surface area (Å²) >= 11 is 0. The van der Waals surface area contributed by atoms with Gasteiger partial charge in [-0.1, -0.05) is 20.8 Å². The first-order valence-corrected chi connectivity index (χ1v) is 15.7. The molecule has 4 heterocycles. The number of nitrogens with zero attached hydrogens (tertiary/aromatic N) is 4. The van der Waals surface area contributed by atoms with Gasteiger partial charge in [-0.15, -0.1) is 0 Å². The lowest BCUT2D eigenvalue weighted by molar-refractivity contribution is -0.123. The Labute approximate surface area is 256 Å². The Morgan fingerprint density at radius 1 is 1.00 bits per heavy atom. The van der Waals surface area contributed by atoms with Crippen LogP contribution in [-0.2, 0) is 21.4 Å². The molecule has 0 aliphatic rings. The Kier molecular flexibility index (Phi) is 7.41. The summed E-state index contributed by atoms with van der Waals surface area (Å²) in [7, 11) is -3.48. The lowest BCUT2D eigenvalue weighted by atomic mass is 9.95. The van der Waals surface area contributed by atoms with Crippen LogP contribution in [0, 0.1) is 17.0 Å². The molecule has 230 valence electrons. The third kappa shape index (κ3) is 6.28. The predicted molar refractivity (Wildman–Crippen MR) is 167 cm³/mol. The number of pyridine rings is 2. The molecule has 0 saturated heterocycles. The molecule has 0 unspecified atom stereocenters. The van der Waals surface area contributed by atoms with Gasteiger partial charge in [-0.25, -0.2) is 31.9 Å². The molecule has 0 radical (unpaired) electrons.